The van der Waals surface area contributed by atoms with Crippen LogP contribution in [0.2, 0.25) is 0 Å². The van der Waals surface area contributed by atoms with Crippen molar-refractivity contribution in [1.82, 2.24) is 0 Å². The summed E-state index contributed by atoms with van der Waals surface area (Å²) in [4.78, 5) is 0. The van der Waals surface area contributed by atoms with Gasteiger partial charge >= 0.3 is 4.67 Å². The van der Waals surface area contributed by atoms with Gasteiger partial charge in [0.25, 0.3) is 0 Å². The predicted molar refractivity (Wildman–Crippen MR) is 56.8 cm³/mol. The summed E-state index contributed by atoms with van der Waals surface area (Å²) in [6, 6.07) is 12.0. The van der Waals surface area contributed by atoms with Gasteiger partial charge in [0.05, 0.1) is 0 Å². The summed E-state index contributed by atoms with van der Waals surface area (Å²) in [6.45, 7) is 0. The average molecular weight is 251 g/mol. The lowest BCUT2D eigenvalue weighted by atomic mass is 10.4. The molecule has 0 amide bonds. The van der Waals surface area contributed by atoms with Crippen LogP contribution < -0.4 is 0 Å². The van der Waals surface area contributed by atoms with Gasteiger partial charge in [-0.15, -0.1) is 0 Å². The highest BCUT2D eigenvalue weighted by atomic mass is 36.2. The lowest BCUT2D eigenvalue weighted by Gasteiger charge is -1.73. The zero-order chi connectivity index (χ0) is 8.74. The van der Waals surface area contributed by atoms with E-state index in [0.29, 0.717) is 0 Å². The SMILES string of the molecule is Cl[P+](Cl)(Cl)Cl.c1ccccc1. The van der Waals surface area contributed by atoms with E-state index in [2.05, 4.69) is 0 Å². The molecule has 0 aliphatic carbocycles. The van der Waals surface area contributed by atoms with Gasteiger partial charge in [0, 0.05) is 0 Å². The quantitative estimate of drug-likeness (QED) is 0.548. The number of hydrogen-bond donors (Lipinski definition) is 0. The molecule has 0 spiro atoms. The molecule has 0 aliphatic heterocycles. The van der Waals surface area contributed by atoms with E-state index in [-0.39, 0.29) is 0 Å². The van der Waals surface area contributed by atoms with Crippen molar-refractivity contribution < 1.29 is 0 Å². The third kappa shape index (κ3) is 18.1. The van der Waals surface area contributed by atoms with Gasteiger partial charge in [0.15, 0.2) is 0 Å². The standard InChI is InChI=1S/C6H6.Cl4P/c1-2-4-6-5-3-1;1-5(2,3)4/h1-6H;/q;+1. The van der Waals surface area contributed by atoms with Crippen LogP contribution in [0.15, 0.2) is 36.4 Å². The van der Waals surface area contributed by atoms with Crippen LogP contribution in [0, 0.1) is 0 Å². The summed E-state index contributed by atoms with van der Waals surface area (Å²) in [7, 11) is 0. The van der Waals surface area contributed by atoms with Crippen molar-refractivity contribution >= 4 is 49.6 Å². The molecule has 1 aromatic carbocycles. The molecule has 0 saturated heterocycles. The monoisotopic (exact) mass is 249 g/mol. The highest BCUT2D eigenvalue weighted by molar-refractivity contribution is 8.46. The fraction of sp³-hybridized carbons (Fsp3) is 0. The Labute approximate surface area is 85.9 Å². The Morgan fingerprint density at radius 2 is 0.636 bits per heavy atom. The Kier molecular flexibility index (Phi) is 6.81. The second kappa shape index (κ2) is 6.34. The second-order valence-electron chi connectivity index (χ2n) is 1.54. The van der Waals surface area contributed by atoms with E-state index < -0.39 is 4.67 Å². The maximum absolute atomic E-state index is 4.94. The minimum atomic E-state index is -2.50. The van der Waals surface area contributed by atoms with Crippen molar-refractivity contribution in [3.05, 3.63) is 36.4 Å². The van der Waals surface area contributed by atoms with Gasteiger partial charge in [0.2, 0.25) is 0 Å². The van der Waals surface area contributed by atoms with Crippen molar-refractivity contribution in [3.63, 3.8) is 0 Å². The Bertz CT molecular complexity index is 139. The van der Waals surface area contributed by atoms with Crippen molar-refractivity contribution in [2.45, 2.75) is 0 Å². The van der Waals surface area contributed by atoms with E-state index in [9.17, 15) is 0 Å². The van der Waals surface area contributed by atoms with Crippen LogP contribution in [0.25, 0.3) is 0 Å². The zero-order valence-electron chi connectivity index (χ0n) is 5.42. The Morgan fingerprint density at radius 1 is 0.545 bits per heavy atom. The molecule has 0 nitrogen and oxygen atoms in total. The molecule has 11 heavy (non-hydrogen) atoms. The average Bonchev–Trinajstić information content (AvgIpc) is 1.88. The van der Waals surface area contributed by atoms with E-state index in [1.807, 2.05) is 36.4 Å². The van der Waals surface area contributed by atoms with Crippen LogP contribution in [0.1, 0.15) is 0 Å². The third-order valence-corrected chi connectivity index (χ3v) is 0.667. The summed E-state index contributed by atoms with van der Waals surface area (Å²) in [6.07, 6.45) is 0. The molecule has 0 aromatic heterocycles. The van der Waals surface area contributed by atoms with Gasteiger partial charge < -0.3 is 0 Å². The van der Waals surface area contributed by atoms with Crippen molar-refractivity contribution in [1.29, 1.82) is 0 Å². The first kappa shape index (κ1) is 11.8. The van der Waals surface area contributed by atoms with Crippen LogP contribution in [0.5, 0.6) is 0 Å². The molecule has 1 aromatic rings. The molecule has 0 fully saturated rings. The van der Waals surface area contributed by atoms with E-state index >= 15 is 0 Å². The molecule has 0 heterocycles. The van der Waals surface area contributed by atoms with Gasteiger partial charge in [-0.1, -0.05) is 36.4 Å². The molecule has 62 valence electrons. The fourth-order valence-corrected chi connectivity index (χ4v) is 0.385. The topological polar surface area (TPSA) is 0 Å². The molecule has 0 radical (unpaired) electrons. The number of rotatable bonds is 0. The largest absolute Gasteiger partial charge is 0.402 e. The summed E-state index contributed by atoms with van der Waals surface area (Å²) in [5.74, 6) is 0. The summed E-state index contributed by atoms with van der Waals surface area (Å²) in [5, 5.41) is 0. The van der Waals surface area contributed by atoms with Gasteiger partial charge in [-0.3, -0.25) is 0 Å². The van der Waals surface area contributed by atoms with E-state index in [1.165, 1.54) is 0 Å². The number of hydrogen-bond acceptors (Lipinski definition) is 0. The number of halogens is 4. The van der Waals surface area contributed by atoms with Crippen LogP contribution >= 0.6 is 49.6 Å². The van der Waals surface area contributed by atoms with Crippen molar-refractivity contribution in [2.75, 3.05) is 0 Å². The Morgan fingerprint density at radius 3 is 0.727 bits per heavy atom. The maximum Gasteiger partial charge on any atom is 0.402 e. The van der Waals surface area contributed by atoms with Gasteiger partial charge in [-0.05, 0) is 0 Å². The molecule has 5 heteroatoms. The van der Waals surface area contributed by atoms with Crippen LogP contribution in [0.4, 0.5) is 0 Å². The molecule has 0 atom stereocenters. The van der Waals surface area contributed by atoms with E-state index in [0.717, 1.165) is 0 Å². The highest BCUT2D eigenvalue weighted by Gasteiger charge is 2.28. The van der Waals surface area contributed by atoms with E-state index in [1.54, 1.807) is 0 Å². The second-order valence-corrected chi connectivity index (χ2v) is 11.5. The molecule has 0 aliphatic rings. The van der Waals surface area contributed by atoms with Crippen LogP contribution in [0.3, 0.4) is 0 Å². The maximum atomic E-state index is 4.94. The van der Waals surface area contributed by atoms with Crippen molar-refractivity contribution in [3.8, 4) is 0 Å². The fourth-order valence-electron chi connectivity index (χ4n) is 0.385. The van der Waals surface area contributed by atoms with Crippen LogP contribution in [-0.4, -0.2) is 0 Å². The Hall–Kier alpha value is 0.810. The first-order valence-electron chi connectivity index (χ1n) is 2.68. The minimum Gasteiger partial charge on any atom is -0.0623 e. The summed E-state index contributed by atoms with van der Waals surface area (Å²) in [5.41, 5.74) is 0. The van der Waals surface area contributed by atoms with Gasteiger partial charge in [0.1, 0.15) is 45.0 Å². The molecular weight excluding hydrogens is 245 g/mol. The van der Waals surface area contributed by atoms with E-state index in [4.69, 9.17) is 45.0 Å². The van der Waals surface area contributed by atoms with Crippen molar-refractivity contribution in [2.24, 2.45) is 0 Å². The molecule has 0 bridgehead atoms. The molecule has 0 N–H and O–H groups in total. The normalized spacial score (nSPS) is 9.82. The predicted octanol–water partition coefficient (Wildman–Crippen LogP) is 5.31. The summed E-state index contributed by atoms with van der Waals surface area (Å²) >= 11 is 19.8. The molecule has 0 unspecified atom stereocenters. The van der Waals surface area contributed by atoms with Crippen LogP contribution in [-0.2, 0) is 0 Å². The molecule has 1 rings (SSSR count). The smallest absolute Gasteiger partial charge is 0.0623 e. The first-order chi connectivity index (χ1) is 5.00. The Balaban J connectivity index is 0.000000187. The molecular formula is C6H6Cl4P+. The lowest BCUT2D eigenvalue weighted by Crippen LogP contribution is -1.47. The number of benzene rings is 1. The minimum absolute atomic E-state index is 2.00. The summed E-state index contributed by atoms with van der Waals surface area (Å²) < 4.78 is -2.50. The lowest BCUT2D eigenvalue weighted by molar-refractivity contribution is 1.72. The van der Waals surface area contributed by atoms with Gasteiger partial charge in [-0.2, -0.15) is 0 Å². The highest BCUT2D eigenvalue weighted by Crippen LogP contribution is 2.78. The first-order valence-corrected chi connectivity index (χ1v) is 8.09. The molecule has 0 saturated carbocycles. The van der Waals surface area contributed by atoms with Gasteiger partial charge in [-0.25, -0.2) is 0 Å². The zero-order valence-corrected chi connectivity index (χ0v) is 9.34. The third-order valence-electron chi connectivity index (χ3n) is 0.667.